The van der Waals surface area contributed by atoms with Crippen molar-refractivity contribution in [2.75, 3.05) is 6.54 Å². The Morgan fingerprint density at radius 2 is 1.85 bits per heavy atom. The molecule has 0 bridgehead atoms. The van der Waals surface area contributed by atoms with Crippen LogP contribution in [0.4, 0.5) is 0 Å². The topological polar surface area (TPSA) is 8.17 Å². The summed E-state index contributed by atoms with van der Waals surface area (Å²) in [7, 11) is 0. The summed E-state index contributed by atoms with van der Waals surface area (Å²) in [6.45, 7) is 7.40. The van der Waals surface area contributed by atoms with Crippen molar-refractivity contribution in [3.63, 3.8) is 0 Å². The number of nitrogens with zero attached hydrogens (tertiary/aromatic N) is 2. The maximum Gasteiger partial charge on any atom is 0.0761 e. The second-order valence-electron chi connectivity index (χ2n) is 7.30. The number of hydrogen-bond acceptors (Lipinski definition) is 1. The lowest BCUT2D eigenvalue weighted by Gasteiger charge is -2.32. The molecule has 4 rings (SSSR count). The van der Waals surface area contributed by atoms with Gasteiger partial charge in [-0.1, -0.05) is 53.6 Å². The molecular formula is C23H25ClN2. The number of aryl methyl sites for hydroxylation is 3. The van der Waals surface area contributed by atoms with Gasteiger partial charge in [0, 0.05) is 36.5 Å². The van der Waals surface area contributed by atoms with Crippen LogP contribution in [-0.2, 0) is 13.1 Å². The molecule has 2 nitrogen and oxygen atoms in total. The molecule has 0 saturated carbocycles. The first kappa shape index (κ1) is 17.4. The number of hydrogen-bond donors (Lipinski definition) is 0. The van der Waals surface area contributed by atoms with E-state index >= 15 is 0 Å². The van der Waals surface area contributed by atoms with Crippen molar-refractivity contribution >= 4 is 11.6 Å². The summed E-state index contributed by atoms with van der Waals surface area (Å²) < 4.78 is 2.42. The normalized spacial score (nSPS) is 17.7. The van der Waals surface area contributed by atoms with Crippen LogP contribution in [0.5, 0.6) is 0 Å². The van der Waals surface area contributed by atoms with Gasteiger partial charge in [0.25, 0.3) is 0 Å². The fourth-order valence-electron chi connectivity index (χ4n) is 4.07. The zero-order valence-corrected chi connectivity index (χ0v) is 16.2. The Bertz CT molecular complexity index is 912. The van der Waals surface area contributed by atoms with Crippen molar-refractivity contribution in [2.45, 2.75) is 39.4 Å². The standard InChI is InChI=1S/C23H25ClN2/c1-17-10-11-18(2)20(15-17)23-22-9-5-12-25(22)13-6-14-26(23)16-19-7-3-4-8-21(19)24/h3-5,7-12,15,23H,6,13-14,16H2,1-2H3/t23-/m1/s1. The molecule has 3 heteroatoms. The highest BCUT2D eigenvalue weighted by atomic mass is 35.5. The molecule has 0 amide bonds. The van der Waals surface area contributed by atoms with Gasteiger partial charge < -0.3 is 4.57 Å². The number of benzene rings is 2. The molecule has 1 aliphatic rings. The summed E-state index contributed by atoms with van der Waals surface area (Å²) in [4.78, 5) is 2.59. The molecule has 0 N–H and O–H groups in total. The predicted molar refractivity (Wildman–Crippen MR) is 109 cm³/mol. The molecule has 1 aromatic heterocycles. The van der Waals surface area contributed by atoms with Crippen LogP contribution >= 0.6 is 11.6 Å². The van der Waals surface area contributed by atoms with Crippen LogP contribution in [0.1, 0.15) is 40.4 Å². The van der Waals surface area contributed by atoms with E-state index in [2.05, 4.69) is 72.0 Å². The number of rotatable bonds is 3. The number of halogens is 1. The van der Waals surface area contributed by atoms with Crippen LogP contribution < -0.4 is 0 Å². The molecule has 3 aromatic rings. The van der Waals surface area contributed by atoms with Gasteiger partial charge in [-0.3, -0.25) is 4.90 Å². The molecule has 0 fully saturated rings. The van der Waals surface area contributed by atoms with Crippen molar-refractivity contribution in [1.82, 2.24) is 9.47 Å². The molecule has 0 aliphatic carbocycles. The molecular weight excluding hydrogens is 340 g/mol. The third-order valence-corrected chi connectivity index (χ3v) is 5.78. The van der Waals surface area contributed by atoms with Crippen molar-refractivity contribution < 1.29 is 0 Å². The van der Waals surface area contributed by atoms with E-state index in [9.17, 15) is 0 Å². The van der Waals surface area contributed by atoms with E-state index in [1.807, 2.05) is 12.1 Å². The van der Waals surface area contributed by atoms with Crippen molar-refractivity contribution in [3.05, 3.63) is 93.8 Å². The summed E-state index contributed by atoms with van der Waals surface area (Å²) in [5.41, 5.74) is 6.64. The quantitative estimate of drug-likeness (QED) is 0.574. The van der Waals surface area contributed by atoms with Gasteiger partial charge in [0.15, 0.2) is 0 Å². The van der Waals surface area contributed by atoms with Crippen LogP contribution in [0.2, 0.25) is 5.02 Å². The third-order valence-electron chi connectivity index (χ3n) is 5.41. The first-order valence-corrected chi connectivity index (χ1v) is 9.71. The van der Waals surface area contributed by atoms with Gasteiger partial charge in [0.05, 0.1) is 6.04 Å². The maximum atomic E-state index is 6.48. The summed E-state index contributed by atoms with van der Waals surface area (Å²) in [6.07, 6.45) is 3.36. The van der Waals surface area contributed by atoms with Gasteiger partial charge in [0.2, 0.25) is 0 Å². The van der Waals surface area contributed by atoms with E-state index in [1.165, 1.54) is 27.9 Å². The maximum absolute atomic E-state index is 6.48. The molecule has 26 heavy (non-hydrogen) atoms. The van der Waals surface area contributed by atoms with Gasteiger partial charge in [-0.25, -0.2) is 0 Å². The highest BCUT2D eigenvalue weighted by Gasteiger charge is 2.28. The summed E-state index contributed by atoms with van der Waals surface area (Å²) >= 11 is 6.48. The Balaban J connectivity index is 1.81. The van der Waals surface area contributed by atoms with Crippen LogP contribution in [0, 0.1) is 13.8 Å². The summed E-state index contributed by atoms with van der Waals surface area (Å²) in [5.74, 6) is 0. The molecule has 0 saturated heterocycles. The van der Waals surface area contributed by atoms with Gasteiger partial charge in [-0.05, 0) is 55.2 Å². The minimum atomic E-state index is 0.253. The average molecular weight is 365 g/mol. The zero-order chi connectivity index (χ0) is 18.1. The first-order chi connectivity index (χ1) is 12.6. The Labute approximate surface area is 161 Å². The summed E-state index contributed by atoms with van der Waals surface area (Å²) in [6, 6.07) is 19.7. The van der Waals surface area contributed by atoms with Crippen LogP contribution in [0.15, 0.2) is 60.8 Å². The third kappa shape index (κ3) is 3.32. The highest BCUT2D eigenvalue weighted by molar-refractivity contribution is 6.31. The van der Waals surface area contributed by atoms with Crippen LogP contribution in [-0.4, -0.2) is 16.0 Å². The SMILES string of the molecule is Cc1ccc(C)c([C@@H]2c3cccn3CCCN2Cc2ccccc2Cl)c1. The Morgan fingerprint density at radius 1 is 1.00 bits per heavy atom. The molecule has 2 aromatic carbocycles. The zero-order valence-electron chi connectivity index (χ0n) is 15.5. The smallest absolute Gasteiger partial charge is 0.0761 e. The lowest BCUT2D eigenvalue weighted by atomic mass is 9.95. The largest absolute Gasteiger partial charge is 0.350 e. The predicted octanol–water partition coefficient (Wildman–Crippen LogP) is 5.75. The number of fused-ring (bicyclic) bond motifs is 1. The second kappa shape index (κ2) is 7.30. The lowest BCUT2D eigenvalue weighted by molar-refractivity contribution is 0.220. The molecule has 1 aliphatic heterocycles. The van der Waals surface area contributed by atoms with Crippen LogP contribution in [0.3, 0.4) is 0 Å². The van der Waals surface area contributed by atoms with Crippen molar-refractivity contribution in [3.8, 4) is 0 Å². The Morgan fingerprint density at radius 3 is 2.69 bits per heavy atom. The van der Waals surface area contributed by atoms with E-state index in [4.69, 9.17) is 11.6 Å². The van der Waals surface area contributed by atoms with Crippen LogP contribution in [0.25, 0.3) is 0 Å². The number of aromatic nitrogens is 1. The second-order valence-corrected chi connectivity index (χ2v) is 7.71. The van der Waals surface area contributed by atoms with Crippen molar-refractivity contribution in [1.29, 1.82) is 0 Å². The minimum Gasteiger partial charge on any atom is -0.350 e. The molecule has 1 atom stereocenters. The van der Waals surface area contributed by atoms with E-state index in [0.29, 0.717) is 0 Å². The Kier molecular flexibility index (Phi) is 4.88. The molecule has 134 valence electrons. The molecule has 2 heterocycles. The fraction of sp³-hybridized carbons (Fsp3) is 0.304. The first-order valence-electron chi connectivity index (χ1n) is 9.33. The molecule has 0 radical (unpaired) electrons. The van der Waals surface area contributed by atoms with Gasteiger partial charge in [0.1, 0.15) is 0 Å². The van der Waals surface area contributed by atoms with E-state index in [0.717, 1.165) is 31.1 Å². The highest BCUT2D eigenvalue weighted by Crippen LogP contribution is 2.35. The van der Waals surface area contributed by atoms with E-state index in [-0.39, 0.29) is 6.04 Å². The fourth-order valence-corrected chi connectivity index (χ4v) is 4.26. The monoisotopic (exact) mass is 364 g/mol. The van der Waals surface area contributed by atoms with E-state index in [1.54, 1.807) is 0 Å². The Hall–Kier alpha value is -2.03. The van der Waals surface area contributed by atoms with Crippen molar-refractivity contribution in [2.24, 2.45) is 0 Å². The molecule has 0 spiro atoms. The average Bonchev–Trinajstić information content (AvgIpc) is 3.01. The minimum absolute atomic E-state index is 0.253. The summed E-state index contributed by atoms with van der Waals surface area (Å²) in [5, 5.41) is 0.854. The molecule has 0 unspecified atom stereocenters. The van der Waals surface area contributed by atoms with Gasteiger partial charge in [-0.15, -0.1) is 0 Å². The van der Waals surface area contributed by atoms with Gasteiger partial charge >= 0.3 is 0 Å². The van der Waals surface area contributed by atoms with E-state index < -0.39 is 0 Å². The lowest BCUT2D eigenvalue weighted by Crippen LogP contribution is -2.30. The van der Waals surface area contributed by atoms with Gasteiger partial charge in [-0.2, -0.15) is 0 Å².